The van der Waals surface area contributed by atoms with E-state index < -0.39 is 0 Å². The number of anilines is 1. The maximum absolute atomic E-state index is 8.48. The standard InChI is InChI=1S/C10H18N4O2/c1-11-10-13-7-9(8-14-10)6-12-2-4-16-5-3-15/h7-8,12,15H,2-6H2,1H3,(H,11,13,14). The van der Waals surface area contributed by atoms with Crippen LogP contribution in [0, 0.1) is 0 Å². The van der Waals surface area contributed by atoms with Crippen LogP contribution in [0.15, 0.2) is 12.4 Å². The van der Waals surface area contributed by atoms with Gasteiger partial charge in [-0.1, -0.05) is 0 Å². The number of rotatable bonds is 8. The molecule has 0 saturated heterocycles. The third kappa shape index (κ3) is 5.01. The van der Waals surface area contributed by atoms with Crippen LogP contribution in [-0.4, -0.2) is 48.5 Å². The number of nitrogens with zero attached hydrogens (tertiary/aromatic N) is 2. The predicted molar refractivity (Wildman–Crippen MR) is 61.2 cm³/mol. The number of hydrogen-bond acceptors (Lipinski definition) is 6. The van der Waals surface area contributed by atoms with Crippen molar-refractivity contribution >= 4 is 5.95 Å². The zero-order valence-electron chi connectivity index (χ0n) is 9.44. The van der Waals surface area contributed by atoms with E-state index in [2.05, 4.69) is 20.6 Å². The molecule has 90 valence electrons. The summed E-state index contributed by atoms with van der Waals surface area (Å²) in [5, 5.41) is 14.5. The molecule has 0 aliphatic carbocycles. The van der Waals surface area contributed by atoms with Gasteiger partial charge in [0.05, 0.1) is 19.8 Å². The minimum atomic E-state index is 0.0688. The second-order valence-corrected chi connectivity index (χ2v) is 3.18. The molecule has 6 heteroatoms. The Morgan fingerprint density at radius 2 is 2.06 bits per heavy atom. The zero-order chi connectivity index (χ0) is 11.6. The third-order valence-corrected chi connectivity index (χ3v) is 1.92. The van der Waals surface area contributed by atoms with Crippen LogP contribution in [0.25, 0.3) is 0 Å². The fourth-order valence-corrected chi connectivity index (χ4v) is 1.12. The summed E-state index contributed by atoms with van der Waals surface area (Å²) < 4.78 is 5.10. The Kier molecular flexibility index (Phi) is 6.39. The molecule has 0 atom stereocenters. The molecule has 0 fully saturated rings. The maximum atomic E-state index is 8.48. The van der Waals surface area contributed by atoms with E-state index in [1.807, 2.05) is 0 Å². The summed E-state index contributed by atoms with van der Waals surface area (Å²) in [5.74, 6) is 0.620. The first-order valence-electron chi connectivity index (χ1n) is 5.25. The van der Waals surface area contributed by atoms with Crippen molar-refractivity contribution in [3.63, 3.8) is 0 Å². The number of aliphatic hydroxyl groups is 1. The smallest absolute Gasteiger partial charge is 0.222 e. The Balaban J connectivity index is 2.12. The van der Waals surface area contributed by atoms with Gasteiger partial charge in [-0.15, -0.1) is 0 Å². The van der Waals surface area contributed by atoms with Crippen LogP contribution < -0.4 is 10.6 Å². The summed E-state index contributed by atoms with van der Waals surface area (Å²) in [6.07, 6.45) is 3.56. The molecule has 0 amide bonds. The van der Waals surface area contributed by atoms with E-state index in [1.165, 1.54) is 0 Å². The van der Waals surface area contributed by atoms with Crippen LogP contribution >= 0.6 is 0 Å². The number of aliphatic hydroxyl groups excluding tert-OH is 1. The van der Waals surface area contributed by atoms with Gasteiger partial charge in [0, 0.05) is 38.1 Å². The topological polar surface area (TPSA) is 79.3 Å². The first kappa shape index (κ1) is 12.8. The highest BCUT2D eigenvalue weighted by molar-refractivity contribution is 5.22. The van der Waals surface area contributed by atoms with E-state index in [-0.39, 0.29) is 6.61 Å². The van der Waals surface area contributed by atoms with Gasteiger partial charge in [0.15, 0.2) is 0 Å². The first-order valence-corrected chi connectivity index (χ1v) is 5.25. The van der Waals surface area contributed by atoms with Gasteiger partial charge in [-0.25, -0.2) is 9.97 Å². The normalized spacial score (nSPS) is 10.4. The Labute approximate surface area is 95.1 Å². The van der Waals surface area contributed by atoms with Gasteiger partial charge in [0.2, 0.25) is 5.95 Å². The van der Waals surface area contributed by atoms with Gasteiger partial charge in [-0.3, -0.25) is 0 Å². The van der Waals surface area contributed by atoms with Gasteiger partial charge in [-0.2, -0.15) is 0 Å². The molecule has 0 saturated carbocycles. The molecule has 1 heterocycles. The van der Waals surface area contributed by atoms with E-state index in [4.69, 9.17) is 9.84 Å². The Bertz CT molecular complexity index is 279. The SMILES string of the molecule is CNc1ncc(CNCCOCCO)cn1. The fourth-order valence-electron chi connectivity index (χ4n) is 1.12. The Hall–Kier alpha value is -1.24. The monoisotopic (exact) mass is 226 g/mol. The quantitative estimate of drug-likeness (QED) is 0.524. The Morgan fingerprint density at radius 1 is 1.31 bits per heavy atom. The largest absolute Gasteiger partial charge is 0.394 e. The van der Waals surface area contributed by atoms with E-state index in [0.29, 0.717) is 25.7 Å². The van der Waals surface area contributed by atoms with E-state index >= 15 is 0 Å². The lowest BCUT2D eigenvalue weighted by molar-refractivity contribution is 0.0938. The summed E-state index contributed by atoms with van der Waals surface area (Å²) >= 11 is 0. The molecular weight excluding hydrogens is 208 g/mol. The highest BCUT2D eigenvalue weighted by atomic mass is 16.5. The highest BCUT2D eigenvalue weighted by Gasteiger charge is 1.95. The molecule has 3 N–H and O–H groups in total. The molecule has 1 rings (SSSR count). The molecule has 6 nitrogen and oxygen atoms in total. The van der Waals surface area contributed by atoms with Crippen molar-refractivity contribution in [2.24, 2.45) is 0 Å². The fraction of sp³-hybridized carbons (Fsp3) is 0.600. The molecule has 0 bridgehead atoms. The van der Waals surface area contributed by atoms with Crippen LogP contribution in [0.4, 0.5) is 5.95 Å². The van der Waals surface area contributed by atoms with Crippen LogP contribution in [0.1, 0.15) is 5.56 Å². The van der Waals surface area contributed by atoms with Crippen molar-refractivity contribution < 1.29 is 9.84 Å². The van der Waals surface area contributed by atoms with Gasteiger partial charge in [-0.05, 0) is 0 Å². The van der Waals surface area contributed by atoms with Crippen LogP contribution in [0.5, 0.6) is 0 Å². The lowest BCUT2D eigenvalue weighted by Gasteiger charge is -2.05. The number of ether oxygens (including phenoxy) is 1. The molecule has 0 radical (unpaired) electrons. The van der Waals surface area contributed by atoms with Crippen LogP contribution in [-0.2, 0) is 11.3 Å². The van der Waals surface area contributed by atoms with Crippen LogP contribution in [0.2, 0.25) is 0 Å². The van der Waals surface area contributed by atoms with Crippen molar-refractivity contribution in [2.75, 3.05) is 38.7 Å². The second kappa shape index (κ2) is 7.98. The molecule has 1 aromatic rings. The molecule has 0 aliphatic rings. The van der Waals surface area contributed by atoms with E-state index in [1.54, 1.807) is 19.4 Å². The molecule has 16 heavy (non-hydrogen) atoms. The van der Waals surface area contributed by atoms with Gasteiger partial charge < -0.3 is 20.5 Å². The predicted octanol–water partition coefficient (Wildman–Crippen LogP) is -0.383. The van der Waals surface area contributed by atoms with Gasteiger partial charge in [0.1, 0.15) is 0 Å². The van der Waals surface area contributed by atoms with E-state index in [9.17, 15) is 0 Å². The third-order valence-electron chi connectivity index (χ3n) is 1.92. The van der Waals surface area contributed by atoms with Gasteiger partial charge >= 0.3 is 0 Å². The summed E-state index contributed by atoms with van der Waals surface area (Å²) in [5.41, 5.74) is 1.03. The van der Waals surface area contributed by atoms with Crippen molar-refractivity contribution in [1.29, 1.82) is 0 Å². The van der Waals surface area contributed by atoms with Crippen molar-refractivity contribution in [3.05, 3.63) is 18.0 Å². The highest BCUT2D eigenvalue weighted by Crippen LogP contribution is 1.98. The summed E-state index contributed by atoms with van der Waals surface area (Å²) in [6.45, 7) is 2.51. The molecular formula is C10H18N4O2. The lowest BCUT2D eigenvalue weighted by Crippen LogP contribution is -2.20. The number of nitrogens with one attached hydrogen (secondary N) is 2. The average molecular weight is 226 g/mol. The molecule has 1 aromatic heterocycles. The number of hydrogen-bond donors (Lipinski definition) is 3. The second-order valence-electron chi connectivity index (χ2n) is 3.18. The van der Waals surface area contributed by atoms with Crippen molar-refractivity contribution in [1.82, 2.24) is 15.3 Å². The lowest BCUT2D eigenvalue weighted by atomic mass is 10.3. The van der Waals surface area contributed by atoms with Crippen molar-refractivity contribution in [2.45, 2.75) is 6.54 Å². The first-order chi connectivity index (χ1) is 7.86. The minimum Gasteiger partial charge on any atom is -0.394 e. The summed E-state index contributed by atoms with van der Waals surface area (Å²) in [7, 11) is 1.78. The molecule has 0 spiro atoms. The summed E-state index contributed by atoms with van der Waals surface area (Å²) in [4.78, 5) is 8.20. The summed E-state index contributed by atoms with van der Waals surface area (Å²) in [6, 6.07) is 0. The maximum Gasteiger partial charge on any atom is 0.222 e. The Morgan fingerprint density at radius 3 is 2.69 bits per heavy atom. The van der Waals surface area contributed by atoms with Gasteiger partial charge in [0.25, 0.3) is 0 Å². The molecule has 0 aromatic carbocycles. The van der Waals surface area contributed by atoms with Crippen molar-refractivity contribution in [3.8, 4) is 0 Å². The van der Waals surface area contributed by atoms with Crippen LogP contribution in [0.3, 0.4) is 0 Å². The average Bonchev–Trinajstić information content (AvgIpc) is 2.34. The minimum absolute atomic E-state index is 0.0688. The number of aromatic nitrogens is 2. The van der Waals surface area contributed by atoms with E-state index in [0.717, 1.165) is 12.1 Å². The molecule has 0 unspecified atom stereocenters. The molecule has 0 aliphatic heterocycles. The zero-order valence-corrected chi connectivity index (χ0v) is 9.44.